The molecule has 1 N–H and O–H groups in total. The van der Waals surface area contributed by atoms with E-state index in [0.717, 1.165) is 31.4 Å². The van der Waals surface area contributed by atoms with Gasteiger partial charge >= 0.3 is 0 Å². The van der Waals surface area contributed by atoms with Crippen molar-refractivity contribution >= 4 is 0 Å². The van der Waals surface area contributed by atoms with Crippen LogP contribution in [0.25, 0.3) is 0 Å². The van der Waals surface area contributed by atoms with Crippen LogP contribution in [0.1, 0.15) is 43.9 Å². The van der Waals surface area contributed by atoms with Crippen LogP contribution in [0, 0.1) is 5.92 Å². The standard InChI is InChI=1S/C15H22O2/c1-11(2)10-12-5-7-13(8-6-12)15(16)14-4-3-9-17-14/h5-8,11,14-16H,3-4,9-10H2,1-2H3. The van der Waals surface area contributed by atoms with Gasteiger partial charge in [-0.15, -0.1) is 0 Å². The van der Waals surface area contributed by atoms with Crippen LogP contribution in [0.5, 0.6) is 0 Å². The first-order valence-electron chi connectivity index (χ1n) is 6.55. The number of hydrogen-bond donors (Lipinski definition) is 1. The molecule has 0 saturated carbocycles. The highest BCUT2D eigenvalue weighted by Gasteiger charge is 2.25. The second kappa shape index (κ2) is 5.65. The van der Waals surface area contributed by atoms with Gasteiger partial charge in [-0.25, -0.2) is 0 Å². The van der Waals surface area contributed by atoms with Crippen LogP contribution in [0.3, 0.4) is 0 Å². The van der Waals surface area contributed by atoms with Crippen molar-refractivity contribution in [1.29, 1.82) is 0 Å². The molecule has 2 nitrogen and oxygen atoms in total. The highest BCUT2D eigenvalue weighted by Crippen LogP contribution is 2.27. The van der Waals surface area contributed by atoms with Gasteiger partial charge in [0.2, 0.25) is 0 Å². The predicted octanol–water partition coefficient (Wildman–Crippen LogP) is 3.10. The zero-order valence-electron chi connectivity index (χ0n) is 10.7. The van der Waals surface area contributed by atoms with E-state index in [2.05, 4.69) is 26.0 Å². The summed E-state index contributed by atoms with van der Waals surface area (Å²) in [6.07, 6.45) is 2.65. The van der Waals surface area contributed by atoms with Crippen molar-refractivity contribution in [1.82, 2.24) is 0 Å². The maximum atomic E-state index is 10.2. The van der Waals surface area contributed by atoms with Crippen LogP contribution < -0.4 is 0 Å². The van der Waals surface area contributed by atoms with Crippen LogP contribution in [0.4, 0.5) is 0 Å². The predicted molar refractivity (Wildman–Crippen MR) is 68.9 cm³/mol. The summed E-state index contributed by atoms with van der Waals surface area (Å²) in [4.78, 5) is 0. The molecule has 0 bridgehead atoms. The fourth-order valence-electron chi connectivity index (χ4n) is 2.39. The smallest absolute Gasteiger partial charge is 0.105 e. The van der Waals surface area contributed by atoms with Crippen molar-refractivity contribution in [2.45, 2.75) is 45.3 Å². The van der Waals surface area contributed by atoms with E-state index in [-0.39, 0.29) is 6.10 Å². The molecule has 94 valence electrons. The van der Waals surface area contributed by atoms with Crippen molar-refractivity contribution in [3.05, 3.63) is 35.4 Å². The van der Waals surface area contributed by atoms with Gasteiger partial charge in [-0.05, 0) is 36.3 Å². The number of ether oxygens (including phenoxy) is 1. The summed E-state index contributed by atoms with van der Waals surface area (Å²) >= 11 is 0. The number of aliphatic hydroxyl groups is 1. The first-order valence-corrected chi connectivity index (χ1v) is 6.55. The van der Waals surface area contributed by atoms with Crippen LogP contribution in [0.2, 0.25) is 0 Å². The Labute approximate surface area is 104 Å². The monoisotopic (exact) mass is 234 g/mol. The molecule has 2 heteroatoms. The minimum absolute atomic E-state index is 0.00838. The minimum atomic E-state index is -0.467. The van der Waals surface area contributed by atoms with Gasteiger partial charge in [0, 0.05) is 6.61 Å². The molecule has 2 rings (SSSR count). The topological polar surface area (TPSA) is 29.5 Å². The molecule has 1 aliphatic rings. The molecular weight excluding hydrogens is 212 g/mol. The molecule has 0 radical (unpaired) electrons. The summed E-state index contributed by atoms with van der Waals surface area (Å²) in [5.74, 6) is 0.670. The molecule has 0 amide bonds. The molecule has 1 aromatic carbocycles. The summed E-state index contributed by atoms with van der Waals surface area (Å²) in [5.41, 5.74) is 2.31. The number of benzene rings is 1. The number of rotatable bonds is 4. The van der Waals surface area contributed by atoms with Crippen LogP contribution >= 0.6 is 0 Å². The zero-order chi connectivity index (χ0) is 12.3. The third-order valence-electron chi connectivity index (χ3n) is 3.28. The molecule has 0 aromatic heterocycles. The largest absolute Gasteiger partial charge is 0.386 e. The van der Waals surface area contributed by atoms with Crippen molar-refractivity contribution < 1.29 is 9.84 Å². The SMILES string of the molecule is CC(C)Cc1ccc(C(O)C2CCCO2)cc1. The van der Waals surface area contributed by atoms with E-state index in [4.69, 9.17) is 4.74 Å². The molecular formula is C15H22O2. The number of aliphatic hydroxyl groups excluding tert-OH is 1. The van der Waals surface area contributed by atoms with Crippen molar-refractivity contribution in [3.8, 4) is 0 Å². The molecule has 1 fully saturated rings. The van der Waals surface area contributed by atoms with Crippen LogP contribution in [-0.4, -0.2) is 17.8 Å². The van der Waals surface area contributed by atoms with E-state index in [0.29, 0.717) is 5.92 Å². The van der Waals surface area contributed by atoms with E-state index in [1.165, 1.54) is 5.56 Å². The normalized spacial score (nSPS) is 22.0. The Morgan fingerprint density at radius 1 is 1.29 bits per heavy atom. The van der Waals surface area contributed by atoms with Gasteiger partial charge in [-0.2, -0.15) is 0 Å². The Morgan fingerprint density at radius 3 is 2.53 bits per heavy atom. The minimum Gasteiger partial charge on any atom is -0.386 e. The summed E-state index contributed by atoms with van der Waals surface area (Å²) < 4.78 is 5.51. The Morgan fingerprint density at radius 2 is 2.00 bits per heavy atom. The Hall–Kier alpha value is -0.860. The van der Waals surface area contributed by atoms with Gasteiger partial charge in [0.15, 0.2) is 0 Å². The molecule has 2 atom stereocenters. The van der Waals surface area contributed by atoms with E-state index < -0.39 is 6.10 Å². The van der Waals surface area contributed by atoms with Gasteiger partial charge < -0.3 is 9.84 Å². The van der Waals surface area contributed by atoms with Crippen LogP contribution in [-0.2, 0) is 11.2 Å². The van der Waals surface area contributed by atoms with Gasteiger partial charge in [-0.1, -0.05) is 38.1 Å². The average molecular weight is 234 g/mol. The Bertz CT molecular complexity index is 336. The Balaban J connectivity index is 2.01. The highest BCUT2D eigenvalue weighted by molar-refractivity contribution is 5.25. The summed E-state index contributed by atoms with van der Waals surface area (Å²) in [5, 5.41) is 10.2. The van der Waals surface area contributed by atoms with Gasteiger partial charge in [0.05, 0.1) is 6.10 Å². The lowest BCUT2D eigenvalue weighted by atomic mass is 9.98. The van der Waals surface area contributed by atoms with E-state index >= 15 is 0 Å². The lowest BCUT2D eigenvalue weighted by molar-refractivity contribution is -0.00259. The average Bonchev–Trinajstić information content (AvgIpc) is 2.82. The quantitative estimate of drug-likeness (QED) is 0.867. The fraction of sp³-hybridized carbons (Fsp3) is 0.600. The lowest BCUT2D eigenvalue weighted by Gasteiger charge is -2.18. The molecule has 0 aliphatic carbocycles. The Kier molecular flexibility index (Phi) is 4.19. The van der Waals surface area contributed by atoms with Crippen molar-refractivity contribution in [3.63, 3.8) is 0 Å². The summed E-state index contributed by atoms with van der Waals surface area (Å²) in [6.45, 7) is 5.22. The van der Waals surface area contributed by atoms with Crippen molar-refractivity contribution in [2.75, 3.05) is 6.61 Å². The molecule has 17 heavy (non-hydrogen) atoms. The van der Waals surface area contributed by atoms with Gasteiger partial charge in [0.25, 0.3) is 0 Å². The fourth-order valence-corrected chi connectivity index (χ4v) is 2.39. The molecule has 1 saturated heterocycles. The summed E-state index contributed by atoms with van der Waals surface area (Å²) in [6, 6.07) is 8.30. The zero-order valence-corrected chi connectivity index (χ0v) is 10.7. The maximum Gasteiger partial charge on any atom is 0.105 e. The van der Waals surface area contributed by atoms with Crippen molar-refractivity contribution in [2.24, 2.45) is 5.92 Å². The van der Waals surface area contributed by atoms with E-state index in [1.54, 1.807) is 0 Å². The first-order chi connectivity index (χ1) is 8.16. The highest BCUT2D eigenvalue weighted by atomic mass is 16.5. The third kappa shape index (κ3) is 3.30. The maximum absolute atomic E-state index is 10.2. The molecule has 1 aliphatic heterocycles. The van der Waals surface area contributed by atoms with Gasteiger partial charge in [0.1, 0.15) is 6.10 Å². The molecule has 1 heterocycles. The molecule has 0 spiro atoms. The van der Waals surface area contributed by atoms with Crippen LogP contribution in [0.15, 0.2) is 24.3 Å². The third-order valence-corrected chi connectivity index (χ3v) is 3.28. The second-order valence-corrected chi connectivity index (χ2v) is 5.34. The second-order valence-electron chi connectivity index (χ2n) is 5.34. The summed E-state index contributed by atoms with van der Waals surface area (Å²) in [7, 11) is 0. The molecule has 1 aromatic rings. The first kappa shape index (κ1) is 12.6. The lowest BCUT2D eigenvalue weighted by Crippen LogP contribution is -2.17. The van der Waals surface area contributed by atoms with Gasteiger partial charge in [-0.3, -0.25) is 0 Å². The van der Waals surface area contributed by atoms with E-state index in [1.807, 2.05) is 12.1 Å². The van der Waals surface area contributed by atoms with E-state index in [9.17, 15) is 5.11 Å². The molecule has 2 unspecified atom stereocenters. The number of hydrogen-bond acceptors (Lipinski definition) is 2.